The van der Waals surface area contributed by atoms with Gasteiger partial charge >= 0.3 is 6.09 Å². The predicted octanol–water partition coefficient (Wildman–Crippen LogP) is 3.65. The number of halogens is 1. The number of nitrogens with zero attached hydrogens (tertiary/aromatic N) is 4. The molecule has 0 saturated heterocycles. The zero-order chi connectivity index (χ0) is 23.8. The minimum Gasteiger partial charge on any atom is -0.447 e. The van der Waals surface area contributed by atoms with Crippen LogP contribution in [0.25, 0.3) is 11.1 Å². The van der Waals surface area contributed by atoms with Gasteiger partial charge in [0.1, 0.15) is 12.1 Å². The van der Waals surface area contributed by atoms with E-state index in [9.17, 15) is 17.6 Å². The largest absolute Gasteiger partial charge is 0.447 e. The van der Waals surface area contributed by atoms with Gasteiger partial charge in [0.15, 0.2) is 9.84 Å². The maximum atomic E-state index is 14.5. The highest BCUT2D eigenvalue weighted by Gasteiger charge is 2.22. The van der Waals surface area contributed by atoms with Crippen LogP contribution in [0.15, 0.2) is 47.8 Å². The SMILES string of the molecule is CC(C)OC(=O)N1CC=C(c2ncn3c(Nc4ccc(S(C)(=O)=O)cc4F)nccc23)CC1. The number of carbonyl (C=O) groups excluding carboxylic acids is 1. The molecule has 1 aromatic carbocycles. The number of sulfone groups is 1. The molecule has 0 saturated carbocycles. The van der Waals surface area contributed by atoms with Crippen molar-refractivity contribution in [2.24, 2.45) is 0 Å². The van der Waals surface area contributed by atoms with Gasteiger partial charge in [-0.1, -0.05) is 6.08 Å². The molecule has 4 rings (SSSR count). The molecule has 0 radical (unpaired) electrons. The number of rotatable bonds is 5. The molecule has 174 valence electrons. The average molecular weight is 474 g/mol. The first-order chi connectivity index (χ1) is 15.6. The Labute approximate surface area is 190 Å². The van der Waals surface area contributed by atoms with E-state index in [1.807, 2.05) is 19.9 Å². The molecular formula is C22H24FN5O4S. The minimum absolute atomic E-state index is 0.0915. The molecule has 1 amide bonds. The molecule has 0 aliphatic carbocycles. The third kappa shape index (κ3) is 4.82. The second kappa shape index (κ2) is 8.81. The topological polar surface area (TPSA) is 106 Å². The number of ether oxygens (including phenoxy) is 1. The molecule has 1 aliphatic heterocycles. The Morgan fingerprint density at radius 3 is 2.67 bits per heavy atom. The standard InChI is InChI=1S/C22H24FN5O4S/c1-14(2)32-22(29)27-10-7-15(8-11-27)20-19-6-9-24-21(28(19)13-25-20)26-18-5-4-16(12-17(18)23)33(3,30)31/h4-7,9,12-14H,8,10-11H2,1-3H3,(H,24,26). The van der Waals surface area contributed by atoms with E-state index in [1.165, 1.54) is 12.1 Å². The van der Waals surface area contributed by atoms with Crippen molar-refractivity contribution in [2.75, 3.05) is 24.7 Å². The molecule has 1 aliphatic rings. The van der Waals surface area contributed by atoms with Crippen molar-refractivity contribution >= 4 is 38.7 Å². The lowest BCUT2D eigenvalue weighted by Crippen LogP contribution is -2.36. The Hall–Kier alpha value is -3.47. The van der Waals surface area contributed by atoms with Crippen LogP contribution in [-0.4, -0.2) is 59.2 Å². The Bertz CT molecular complexity index is 1350. The maximum absolute atomic E-state index is 14.5. The van der Waals surface area contributed by atoms with Gasteiger partial charge in [-0.25, -0.2) is 27.6 Å². The highest BCUT2D eigenvalue weighted by Crippen LogP contribution is 2.28. The third-order valence-corrected chi connectivity index (χ3v) is 6.30. The fraction of sp³-hybridized carbons (Fsp3) is 0.318. The fourth-order valence-corrected chi connectivity index (χ4v) is 4.17. The van der Waals surface area contributed by atoms with Crippen LogP contribution < -0.4 is 5.32 Å². The molecule has 3 aromatic rings. The van der Waals surface area contributed by atoms with Crippen molar-refractivity contribution in [1.82, 2.24) is 19.3 Å². The Kier molecular flexibility index (Phi) is 6.07. The van der Waals surface area contributed by atoms with Crippen LogP contribution in [0.5, 0.6) is 0 Å². The van der Waals surface area contributed by atoms with Crippen LogP contribution in [0, 0.1) is 5.82 Å². The van der Waals surface area contributed by atoms with E-state index in [1.54, 1.807) is 27.9 Å². The quantitative estimate of drug-likeness (QED) is 0.603. The van der Waals surface area contributed by atoms with Gasteiger partial charge in [0.2, 0.25) is 5.95 Å². The van der Waals surface area contributed by atoms with E-state index in [2.05, 4.69) is 15.3 Å². The second-order valence-corrected chi connectivity index (χ2v) is 10.0. The number of imidazole rings is 1. The number of amides is 1. The highest BCUT2D eigenvalue weighted by molar-refractivity contribution is 7.90. The minimum atomic E-state index is -3.51. The molecule has 1 N–H and O–H groups in total. The molecule has 0 fully saturated rings. The summed E-state index contributed by atoms with van der Waals surface area (Å²) in [5, 5.41) is 2.90. The monoisotopic (exact) mass is 473 g/mol. The summed E-state index contributed by atoms with van der Waals surface area (Å²) >= 11 is 0. The number of hydrogen-bond donors (Lipinski definition) is 1. The normalized spacial score (nSPS) is 14.5. The van der Waals surface area contributed by atoms with Gasteiger partial charge in [0, 0.05) is 25.5 Å². The Balaban J connectivity index is 1.58. The van der Waals surface area contributed by atoms with Gasteiger partial charge in [-0.15, -0.1) is 0 Å². The summed E-state index contributed by atoms with van der Waals surface area (Å²) in [4.78, 5) is 22.4. The molecular weight excluding hydrogens is 449 g/mol. The zero-order valence-electron chi connectivity index (χ0n) is 18.4. The summed E-state index contributed by atoms with van der Waals surface area (Å²) < 4.78 is 44.7. The van der Waals surface area contributed by atoms with E-state index >= 15 is 0 Å². The van der Waals surface area contributed by atoms with Gasteiger partial charge in [-0.05, 0) is 50.1 Å². The number of benzene rings is 1. The molecule has 0 spiro atoms. The van der Waals surface area contributed by atoms with Crippen molar-refractivity contribution in [1.29, 1.82) is 0 Å². The molecule has 2 aromatic heterocycles. The van der Waals surface area contributed by atoms with Crippen molar-refractivity contribution in [3.63, 3.8) is 0 Å². The van der Waals surface area contributed by atoms with Crippen LogP contribution in [0.3, 0.4) is 0 Å². The summed E-state index contributed by atoms with van der Waals surface area (Å²) in [5.41, 5.74) is 2.61. The van der Waals surface area contributed by atoms with E-state index in [4.69, 9.17) is 4.74 Å². The van der Waals surface area contributed by atoms with Crippen LogP contribution in [0.2, 0.25) is 0 Å². The average Bonchev–Trinajstić information content (AvgIpc) is 3.19. The summed E-state index contributed by atoms with van der Waals surface area (Å²) in [7, 11) is -3.51. The number of fused-ring (bicyclic) bond motifs is 1. The van der Waals surface area contributed by atoms with Crippen molar-refractivity contribution in [3.05, 3.63) is 54.4 Å². The molecule has 0 unspecified atom stereocenters. The first-order valence-corrected chi connectivity index (χ1v) is 12.3. The summed E-state index contributed by atoms with van der Waals surface area (Å²) in [6.45, 7) is 4.57. The molecule has 3 heterocycles. The number of carbonyl (C=O) groups is 1. The number of anilines is 2. The van der Waals surface area contributed by atoms with Crippen molar-refractivity contribution in [2.45, 2.75) is 31.3 Å². The van der Waals surface area contributed by atoms with E-state index in [-0.39, 0.29) is 22.8 Å². The first kappa shape index (κ1) is 22.7. The van der Waals surface area contributed by atoms with Gasteiger partial charge in [-0.3, -0.25) is 4.40 Å². The molecule has 33 heavy (non-hydrogen) atoms. The fourth-order valence-electron chi connectivity index (χ4n) is 3.54. The lowest BCUT2D eigenvalue weighted by molar-refractivity contribution is 0.0799. The van der Waals surface area contributed by atoms with Crippen LogP contribution in [0.4, 0.5) is 20.8 Å². The maximum Gasteiger partial charge on any atom is 0.410 e. The van der Waals surface area contributed by atoms with Gasteiger partial charge in [0.25, 0.3) is 0 Å². The Morgan fingerprint density at radius 1 is 1.24 bits per heavy atom. The second-order valence-electron chi connectivity index (χ2n) is 8.01. The van der Waals surface area contributed by atoms with Crippen LogP contribution in [0.1, 0.15) is 26.0 Å². The lowest BCUT2D eigenvalue weighted by Gasteiger charge is -2.26. The van der Waals surface area contributed by atoms with E-state index in [0.717, 1.165) is 29.1 Å². The summed E-state index contributed by atoms with van der Waals surface area (Å²) in [5.74, 6) is -0.378. The van der Waals surface area contributed by atoms with Crippen molar-refractivity contribution in [3.8, 4) is 0 Å². The van der Waals surface area contributed by atoms with Gasteiger partial charge < -0.3 is 15.0 Å². The number of nitrogens with one attached hydrogen (secondary N) is 1. The van der Waals surface area contributed by atoms with Crippen LogP contribution in [-0.2, 0) is 14.6 Å². The van der Waals surface area contributed by atoms with E-state index < -0.39 is 15.7 Å². The van der Waals surface area contributed by atoms with Gasteiger partial charge in [0.05, 0.1) is 27.9 Å². The van der Waals surface area contributed by atoms with Crippen molar-refractivity contribution < 1.29 is 22.3 Å². The molecule has 0 atom stereocenters. The highest BCUT2D eigenvalue weighted by atomic mass is 32.2. The summed E-state index contributed by atoms with van der Waals surface area (Å²) in [6, 6.07) is 5.47. The predicted molar refractivity (Wildman–Crippen MR) is 122 cm³/mol. The van der Waals surface area contributed by atoms with Crippen LogP contribution >= 0.6 is 0 Å². The lowest BCUT2D eigenvalue weighted by atomic mass is 10.0. The third-order valence-electron chi connectivity index (χ3n) is 5.19. The zero-order valence-corrected chi connectivity index (χ0v) is 19.3. The molecule has 0 bridgehead atoms. The molecule has 9 nitrogen and oxygen atoms in total. The smallest absolute Gasteiger partial charge is 0.410 e. The molecule has 11 heteroatoms. The summed E-state index contributed by atoms with van der Waals surface area (Å²) in [6.07, 6.45) is 6.25. The van der Waals surface area contributed by atoms with Gasteiger partial charge in [-0.2, -0.15) is 0 Å². The first-order valence-electron chi connectivity index (χ1n) is 10.4. The number of aromatic nitrogens is 3. The number of hydrogen-bond acceptors (Lipinski definition) is 7. The Morgan fingerprint density at radius 2 is 2.03 bits per heavy atom. The van der Waals surface area contributed by atoms with E-state index in [0.29, 0.717) is 25.5 Å².